The zero-order chi connectivity index (χ0) is 20.5. The number of fused-ring (bicyclic) bond motifs is 2. The number of rotatable bonds is 5. The fourth-order valence-corrected chi connectivity index (χ4v) is 3.83. The number of carbonyl (C=O) groups excluding carboxylic acids is 2. The van der Waals surface area contributed by atoms with Crippen LogP contribution in [0.1, 0.15) is 52.2 Å². The smallest absolute Gasteiger partial charge is 0.360 e. The maximum atomic E-state index is 12.8. The average molecular weight is 390 g/mol. The molecule has 0 fully saturated rings. The summed E-state index contributed by atoms with van der Waals surface area (Å²) in [4.78, 5) is 38.1. The Balaban J connectivity index is 1.61. The van der Waals surface area contributed by atoms with Crippen molar-refractivity contribution in [2.75, 3.05) is 0 Å². The quantitative estimate of drug-likeness (QED) is 0.493. The molecule has 1 aromatic heterocycles. The SMILES string of the molecule is CCn1nc(C(=O)O[C@@H](C)C(=O)c2ccc3c(c2)CCC3)c2ccccc2c1=O. The molecule has 0 saturated carbocycles. The van der Waals surface area contributed by atoms with Gasteiger partial charge in [-0.1, -0.05) is 30.3 Å². The number of aryl methyl sites for hydroxylation is 3. The Morgan fingerprint density at radius 2 is 1.83 bits per heavy atom. The highest BCUT2D eigenvalue weighted by atomic mass is 16.5. The van der Waals surface area contributed by atoms with Crippen molar-refractivity contribution in [1.82, 2.24) is 9.78 Å². The Morgan fingerprint density at radius 3 is 2.59 bits per heavy atom. The molecule has 0 spiro atoms. The highest BCUT2D eigenvalue weighted by molar-refractivity contribution is 6.05. The summed E-state index contributed by atoms with van der Waals surface area (Å²) in [7, 11) is 0. The third-order valence-corrected chi connectivity index (χ3v) is 5.40. The molecule has 1 atom stereocenters. The van der Waals surface area contributed by atoms with Gasteiger partial charge < -0.3 is 4.74 Å². The summed E-state index contributed by atoms with van der Waals surface area (Å²) in [5.41, 5.74) is 2.79. The topological polar surface area (TPSA) is 78.3 Å². The lowest BCUT2D eigenvalue weighted by Gasteiger charge is -2.14. The second-order valence-corrected chi connectivity index (χ2v) is 7.26. The molecule has 0 saturated heterocycles. The number of nitrogens with zero attached hydrogens (tertiary/aromatic N) is 2. The third kappa shape index (κ3) is 3.46. The van der Waals surface area contributed by atoms with Crippen LogP contribution in [0.2, 0.25) is 0 Å². The fraction of sp³-hybridized carbons (Fsp3) is 0.304. The lowest BCUT2D eigenvalue weighted by atomic mass is 10.0. The molecule has 0 aliphatic heterocycles. The summed E-state index contributed by atoms with van der Waals surface area (Å²) < 4.78 is 6.68. The van der Waals surface area contributed by atoms with E-state index in [0.717, 1.165) is 19.3 Å². The normalized spacial score (nSPS) is 13.9. The van der Waals surface area contributed by atoms with Crippen LogP contribution < -0.4 is 5.56 Å². The number of ether oxygens (including phenoxy) is 1. The number of esters is 1. The molecule has 1 aliphatic carbocycles. The second kappa shape index (κ2) is 7.62. The number of carbonyl (C=O) groups is 2. The maximum Gasteiger partial charge on any atom is 0.360 e. The Hall–Kier alpha value is -3.28. The molecule has 0 N–H and O–H groups in total. The van der Waals surface area contributed by atoms with Crippen molar-refractivity contribution in [3.05, 3.63) is 75.2 Å². The molecule has 0 radical (unpaired) electrons. The molecular weight excluding hydrogens is 368 g/mol. The first kappa shape index (κ1) is 19.1. The number of benzene rings is 2. The summed E-state index contributed by atoms with van der Waals surface area (Å²) in [5.74, 6) is -0.966. The van der Waals surface area contributed by atoms with Gasteiger partial charge in [0.1, 0.15) is 0 Å². The van der Waals surface area contributed by atoms with E-state index >= 15 is 0 Å². The second-order valence-electron chi connectivity index (χ2n) is 7.26. The van der Waals surface area contributed by atoms with Crippen molar-refractivity contribution >= 4 is 22.5 Å². The minimum atomic E-state index is -0.954. The van der Waals surface area contributed by atoms with E-state index in [-0.39, 0.29) is 17.0 Å². The van der Waals surface area contributed by atoms with Crippen LogP contribution in [0.25, 0.3) is 10.8 Å². The van der Waals surface area contributed by atoms with Gasteiger partial charge in [0.2, 0.25) is 5.78 Å². The number of hydrogen-bond acceptors (Lipinski definition) is 5. The first-order valence-electron chi connectivity index (χ1n) is 9.86. The van der Waals surface area contributed by atoms with E-state index < -0.39 is 12.1 Å². The monoisotopic (exact) mass is 390 g/mol. The Kier molecular flexibility index (Phi) is 5.01. The number of Topliss-reactive ketones (excluding diaryl/α,β-unsaturated/α-hetero) is 1. The van der Waals surface area contributed by atoms with Gasteiger partial charge in [-0.3, -0.25) is 9.59 Å². The molecular formula is C23H22N2O4. The fourth-order valence-electron chi connectivity index (χ4n) is 3.83. The van der Waals surface area contributed by atoms with Gasteiger partial charge in [0.25, 0.3) is 5.56 Å². The van der Waals surface area contributed by atoms with Crippen molar-refractivity contribution in [3.63, 3.8) is 0 Å². The van der Waals surface area contributed by atoms with Crippen molar-refractivity contribution in [1.29, 1.82) is 0 Å². The maximum absolute atomic E-state index is 12.8. The first-order valence-corrected chi connectivity index (χ1v) is 9.86. The average Bonchev–Trinajstić information content (AvgIpc) is 3.21. The van der Waals surface area contributed by atoms with Gasteiger partial charge in [-0.05, 0) is 56.4 Å². The summed E-state index contributed by atoms with van der Waals surface area (Å²) in [6, 6.07) is 12.5. The van der Waals surface area contributed by atoms with Crippen LogP contribution in [-0.4, -0.2) is 27.6 Å². The Morgan fingerprint density at radius 1 is 1.10 bits per heavy atom. The summed E-state index contributed by atoms with van der Waals surface area (Å²) in [6.45, 7) is 3.66. The Labute approximate surface area is 168 Å². The standard InChI is InChI=1S/C23H22N2O4/c1-3-25-22(27)19-10-5-4-9-18(19)20(24-25)23(28)29-14(2)21(26)17-12-11-15-7-6-8-16(15)13-17/h4-5,9-14H,3,6-8H2,1-2H3/t14-/m0/s1. The predicted octanol–water partition coefficient (Wildman–Crippen LogP) is 3.33. The summed E-state index contributed by atoms with van der Waals surface area (Å²) in [6.07, 6.45) is 2.16. The van der Waals surface area contributed by atoms with E-state index in [1.807, 2.05) is 12.1 Å². The van der Waals surface area contributed by atoms with Gasteiger partial charge in [-0.25, -0.2) is 9.48 Å². The van der Waals surface area contributed by atoms with E-state index in [9.17, 15) is 14.4 Å². The molecule has 4 rings (SSSR count). The molecule has 3 aromatic rings. The van der Waals surface area contributed by atoms with Crippen LogP contribution in [0.4, 0.5) is 0 Å². The molecule has 6 heteroatoms. The van der Waals surface area contributed by atoms with Crippen LogP contribution in [0.15, 0.2) is 47.3 Å². The first-order chi connectivity index (χ1) is 14.0. The minimum Gasteiger partial charge on any atom is -0.449 e. The van der Waals surface area contributed by atoms with Crippen LogP contribution >= 0.6 is 0 Å². The molecule has 1 aliphatic rings. The van der Waals surface area contributed by atoms with Gasteiger partial charge in [0.05, 0.1) is 5.39 Å². The predicted molar refractivity (Wildman–Crippen MR) is 109 cm³/mol. The van der Waals surface area contributed by atoms with Crippen molar-refractivity contribution in [2.45, 2.75) is 45.8 Å². The molecule has 6 nitrogen and oxygen atoms in total. The molecule has 0 unspecified atom stereocenters. The highest BCUT2D eigenvalue weighted by Gasteiger charge is 2.25. The zero-order valence-electron chi connectivity index (χ0n) is 16.5. The van der Waals surface area contributed by atoms with Crippen molar-refractivity contribution in [3.8, 4) is 0 Å². The molecule has 2 aromatic carbocycles. The molecule has 0 amide bonds. The Bertz CT molecular complexity index is 1180. The van der Waals surface area contributed by atoms with Crippen molar-refractivity contribution in [2.24, 2.45) is 0 Å². The van der Waals surface area contributed by atoms with E-state index in [1.165, 1.54) is 15.8 Å². The van der Waals surface area contributed by atoms with Crippen molar-refractivity contribution < 1.29 is 14.3 Å². The van der Waals surface area contributed by atoms with E-state index in [1.54, 1.807) is 44.2 Å². The van der Waals surface area contributed by atoms with Crippen LogP contribution in [0, 0.1) is 0 Å². The van der Waals surface area contributed by atoms with E-state index in [2.05, 4.69) is 5.10 Å². The zero-order valence-corrected chi connectivity index (χ0v) is 16.5. The number of hydrogen-bond donors (Lipinski definition) is 0. The lowest BCUT2D eigenvalue weighted by Crippen LogP contribution is -2.29. The van der Waals surface area contributed by atoms with Crippen LogP contribution in [0.3, 0.4) is 0 Å². The largest absolute Gasteiger partial charge is 0.449 e. The minimum absolute atomic E-state index is 0.0376. The van der Waals surface area contributed by atoms with Gasteiger partial charge in [0, 0.05) is 17.5 Å². The summed E-state index contributed by atoms with van der Waals surface area (Å²) in [5, 5.41) is 4.99. The van der Waals surface area contributed by atoms with Gasteiger partial charge >= 0.3 is 5.97 Å². The van der Waals surface area contributed by atoms with E-state index in [4.69, 9.17) is 4.74 Å². The highest BCUT2D eigenvalue weighted by Crippen LogP contribution is 2.24. The molecule has 1 heterocycles. The lowest BCUT2D eigenvalue weighted by molar-refractivity contribution is 0.0313. The van der Waals surface area contributed by atoms with Gasteiger partial charge in [0.15, 0.2) is 11.8 Å². The van der Waals surface area contributed by atoms with Gasteiger partial charge in [-0.2, -0.15) is 5.10 Å². The summed E-state index contributed by atoms with van der Waals surface area (Å²) >= 11 is 0. The number of ketones is 1. The molecule has 29 heavy (non-hydrogen) atoms. The van der Waals surface area contributed by atoms with Crippen LogP contribution in [-0.2, 0) is 24.1 Å². The van der Waals surface area contributed by atoms with E-state index in [0.29, 0.717) is 22.9 Å². The third-order valence-electron chi connectivity index (χ3n) is 5.40. The number of aromatic nitrogens is 2. The van der Waals surface area contributed by atoms with Gasteiger partial charge in [-0.15, -0.1) is 0 Å². The van der Waals surface area contributed by atoms with Crippen LogP contribution in [0.5, 0.6) is 0 Å². The molecule has 0 bridgehead atoms. The molecule has 148 valence electrons.